The molecule has 1 amide bonds. The van der Waals surface area contributed by atoms with Crippen LogP contribution in [-0.4, -0.2) is 20.0 Å². The molecule has 0 aliphatic rings. The zero-order chi connectivity index (χ0) is 16.4. The Morgan fingerprint density at radius 3 is 2.87 bits per heavy atom. The number of rotatable bonds is 4. The zero-order valence-electron chi connectivity index (χ0n) is 13.1. The molecule has 3 rings (SSSR count). The van der Waals surface area contributed by atoms with Gasteiger partial charge in [0, 0.05) is 38.1 Å². The molecule has 118 valence electrons. The smallest absolute Gasteiger partial charge is 0.287 e. The fraction of sp³-hybridized carbons (Fsp3) is 0.235. The molecule has 0 aliphatic heterocycles. The first kappa shape index (κ1) is 15.0. The Balaban J connectivity index is 1.86. The number of hydrogen-bond donors (Lipinski definition) is 1. The van der Waals surface area contributed by atoms with Gasteiger partial charge in [0.1, 0.15) is 0 Å². The Morgan fingerprint density at radius 1 is 1.30 bits per heavy atom. The third kappa shape index (κ3) is 2.75. The average Bonchev–Trinajstić information content (AvgIpc) is 3.05. The maximum absolute atomic E-state index is 12.4. The largest absolute Gasteiger partial charge is 0.345 e. The maximum atomic E-state index is 12.4. The second kappa shape index (κ2) is 6.08. The molecule has 0 aliphatic carbocycles. The molecule has 0 unspecified atom stereocenters. The quantitative estimate of drug-likeness (QED) is 0.797. The van der Waals surface area contributed by atoms with Crippen LogP contribution in [0.4, 0.5) is 0 Å². The van der Waals surface area contributed by atoms with Crippen LogP contribution in [0.5, 0.6) is 0 Å². The van der Waals surface area contributed by atoms with Gasteiger partial charge in [-0.25, -0.2) is 4.98 Å². The first-order valence-electron chi connectivity index (χ1n) is 7.48. The number of nitrogens with one attached hydrogen (secondary N) is 1. The van der Waals surface area contributed by atoms with Crippen LogP contribution in [-0.2, 0) is 20.1 Å². The normalized spacial score (nSPS) is 10.9. The van der Waals surface area contributed by atoms with Gasteiger partial charge >= 0.3 is 0 Å². The van der Waals surface area contributed by atoms with Gasteiger partial charge in [0.15, 0.2) is 5.82 Å². The summed E-state index contributed by atoms with van der Waals surface area (Å²) in [5.41, 5.74) is 1.31. The van der Waals surface area contributed by atoms with Crippen LogP contribution in [0.25, 0.3) is 10.9 Å². The molecule has 0 saturated carbocycles. The number of carbonyl (C=O) groups excluding carboxylic acids is 1. The fourth-order valence-electron chi connectivity index (χ4n) is 2.64. The predicted molar refractivity (Wildman–Crippen MR) is 88.3 cm³/mol. The van der Waals surface area contributed by atoms with E-state index in [9.17, 15) is 9.59 Å². The van der Waals surface area contributed by atoms with Gasteiger partial charge in [0.25, 0.3) is 11.5 Å². The molecule has 0 radical (unpaired) electrons. The number of hydrogen-bond acceptors (Lipinski definition) is 3. The van der Waals surface area contributed by atoms with E-state index in [0.29, 0.717) is 17.9 Å². The minimum atomic E-state index is -0.285. The molecule has 1 N–H and O–H groups in total. The van der Waals surface area contributed by atoms with E-state index in [2.05, 4.69) is 10.3 Å². The molecule has 2 heterocycles. The lowest BCUT2D eigenvalue weighted by Gasteiger charge is -2.10. The van der Waals surface area contributed by atoms with E-state index in [-0.39, 0.29) is 18.0 Å². The number of aromatic nitrogens is 3. The van der Waals surface area contributed by atoms with Crippen LogP contribution in [0.15, 0.2) is 47.5 Å². The Bertz CT molecular complexity index is 924. The summed E-state index contributed by atoms with van der Waals surface area (Å²) < 4.78 is 3.36. The Morgan fingerprint density at radius 2 is 2.09 bits per heavy atom. The summed E-state index contributed by atoms with van der Waals surface area (Å²) >= 11 is 0. The third-order valence-corrected chi connectivity index (χ3v) is 3.91. The number of carbonyl (C=O) groups is 1. The standard InChI is InChI=1S/C17H18N4O2/c1-3-21-9-8-18-15(21)16(22)19-11-13-10-12-6-4-5-7-14(12)20(2)17(13)23/h4-10H,3,11H2,1-2H3,(H,19,22). The van der Waals surface area contributed by atoms with Crippen LogP contribution in [0.3, 0.4) is 0 Å². The van der Waals surface area contributed by atoms with Crippen LogP contribution in [0, 0.1) is 0 Å². The summed E-state index contributed by atoms with van der Waals surface area (Å²) in [6.45, 7) is 2.78. The van der Waals surface area contributed by atoms with Gasteiger partial charge in [-0.2, -0.15) is 0 Å². The minimum absolute atomic E-state index is 0.108. The number of aryl methyl sites for hydroxylation is 2. The molecule has 0 atom stereocenters. The molecule has 6 heteroatoms. The summed E-state index contributed by atoms with van der Waals surface area (Å²) in [4.78, 5) is 28.7. The SMILES string of the molecule is CCn1ccnc1C(=O)NCc1cc2ccccc2n(C)c1=O. The molecule has 3 aromatic rings. The van der Waals surface area contributed by atoms with E-state index >= 15 is 0 Å². The van der Waals surface area contributed by atoms with Crippen LogP contribution in [0.2, 0.25) is 0 Å². The Kier molecular flexibility index (Phi) is 3.97. The van der Waals surface area contributed by atoms with E-state index in [1.54, 1.807) is 28.6 Å². The van der Waals surface area contributed by atoms with Gasteiger partial charge in [-0.3, -0.25) is 9.59 Å². The van der Waals surface area contributed by atoms with E-state index in [4.69, 9.17) is 0 Å². The summed E-state index contributed by atoms with van der Waals surface area (Å²) in [6.07, 6.45) is 3.34. The first-order valence-corrected chi connectivity index (χ1v) is 7.48. The Labute approximate surface area is 133 Å². The highest BCUT2D eigenvalue weighted by Gasteiger charge is 2.13. The molecule has 6 nitrogen and oxygen atoms in total. The van der Waals surface area contributed by atoms with E-state index < -0.39 is 0 Å². The number of para-hydroxylation sites is 1. The summed E-state index contributed by atoms with van der Waals surface area (Å²) in [6, 6.07) is 9.49. The summed E-state index contributed by atoms with van der Waals surface area (Å²) in [5, 5.41) is 3.74. The molecular weight excluding hydrogens is 292 g/mol. The number of benzene rings is 1. The second-order valence-corrected chi connectivity index (χ2v) is 5.31. The number of imidazole rings is 1. The van der Waals surface area contributed by atoms with Crippen molar-refractivity contribution in [3.8, 4) is 0 Å². The molecular formula is C17H18N4O2. The lowest BCUT2D eigenvalue weighted by Crippen LogP contribution is -2.30. The molecule has 23 heavy (non-hydrogen) atoms. The third-order valence-electron chi connectivity index (χ3n) is 3.91. The van der Waals surface area contributed by atoms with Gasteiger partial charge in [-0.15, -0.1) is 0 Å². The molecule has 0 spiro atoms. The molecule has 0 fully saturated rings. The lowest BCUT2D eigenvalue weighted by atomic mass is 10.1. The van der Waals surface area contributed by atoms with Crippen molar-refractivity contribution in [2.75, 3.05) is 0 Å². The van der Waals surface area contributed by atoms with Crippen molar-refractivity contribution in [1.29, 1.82) is 0 Å². The molecule has 2 aromatic heterocycles. The zero-order valence-corrected chi connectivity index (χ0v) is 13.1. The van der Waals surface area contributed by atoms with Crippen molar-refractivity contribution in [3.63, 3.8) is 0 Å². The van der Waals surface area contributed by atoms with E-state index in [0.717, 1.165) is 10.9 Å². The molecule has 1 aromatic carbocycles. The van der Waals surface area contributed by atoms with E-state index in [1.165, 1.54) is 0 Å². The average molecular weight is 310 g/mol. The highest BCUT2D eigenvalue weighted by atomic mass is 16.2. The van der Waals surface area contributed by atoms with Crippen LogP contribution in [0.1, 0.15) is 23.1 Å². The number of fused-ring (bicyclic) bond motifs is 1. The van der Waals surface area contributed by atoms with Crippen molar-refractivity contribution in [1.82, 2.24) is 19.4 Å². The highest BCUT2D eigenvalue weighted by molar-refractivity contribution is 5.90. The van der Waals surface area contributed by atoms with Gasteiger partial charge < -0.3 is 14.5 Å². The minimum Gasteiger partial charge on any atom is -0.345 e. The lowest BCUT2D eigenvalue weighted by molar-refractivity contribution is 0.0936. The van der Waals surface area contributed by atoms with Crippen molar-refractivity contribution in [3.05, 3.63) is 64.5 Å². The highest BCUT2D eigenvalue weighted by Crippen LogP contribution is 2.12. The second-order valence-electron chi connectivity index (χ2n) is 5.31. The predicted octanol–water partition coefficient (Wildman–Crippen LogP) is 1.68. The van der Waals surface area contributed by atoms with Gasteiger partial charge in [-0.1, -0.05) is 18.2 Å². The summed E-state index contributed by atoms with van der Waals surface area (Å²) in [5.74, 6) is 0.0668. The van der Waals surface area contributed by atoms with Gasteiger partial charge in [0.05, 0.1) is 5.52 Å². The van der Waals surface area contributed by atoms with Crippen molar-refractivity contribution in [2.24, 2.45) is 7.05 Å². The maximum Gasteiger partial charge on any atom is 0.287 e. The van der Waals surface area contributed by atoms with Crippen molar-refractivity contribution < 1.29 is 4.79 Å². The van der Waals surface area contributed by atoms with Gasteiger partial charge in [-0.05, 0) is 24.4 Å². The monoisotopic (exact) mass is 310 g/mol. The topological polar surface area (TPSA) is 68.9 Å². The summed E-state index contributed by atoms with van der Waals surface area (Å²) in [7, 11) is 1.74. The van der Waals surface area contributed by atoms with Gasteiger partial charge in [0.2, 0.25) is 0 Å². The number of nitrogens with zero attached hydrogens (tertiary/aromatic N) is 3. The number of pyridine rings is 1. The van der Waals surface area contributed by atoms with Crippen molar-refractivity contribution >= 4 is 16.8 Å². The van der Waals surface area contributed by atoms with Crippen LogP contribution >= 0.6 is 0 Å². The first-order chi connectivity index (χ1) is 11.1. The van der Waals surface area contributed by atoms with E-state index in [1.807, 2.05) is 37.3 Å². The Hall–Kier alpha value is -2.89. The molecule has 0 bridgehead atoms. The number of amides is 1. The van der Waals surface area contributed by atoms with Crippen LogP contribution < -0.4 is 10.9 Å². The van der Waals surface area contributed by atoms with Crippen molar-refractivity contribution in [2.45, 2.75) is 20.0 Å². The molecule has 0 saturated heterocycles. The fourth-order valence-corrected chi connectivity index (χ4v) is 2.64.